The lowest BCUT2D eigenvalue weighted by Crippen LogP contribution is -2.16. The highest BCUT2D eigenvalue weighted by molar-refractivity contribution is 5.10. The molecule has 0 bridgehead atoms. The molecule has 1 nitrogen and oxygen atoms in total. The molecule has 1 aliphatic carbocycles. The summed E-state index contributed by atoms with van der Waals surface area (Å²) in [5, 5.41) is 0. The van der Waals surface area contributed by atoms with Crippen molar-refractivity contribution in [2.24, 2.45) is 11.8 Å². The summed E-state index contributed by atoms with van der Waals surface area (Å²) in [5.74, 6) is 1.96. The van der Waals surface area contributed by atoms with Gasteiger partial charge in [0.05, 0.1) is 0 Å². The first-order valence-electron chi connectivity index (χ1n) is 10.0. The minimum absolute atomic E-state index is 0.888. The quantitative estimate of drug-likeness (QED) is 0.278. The van der Waals surface area contributed by atoms with E-state index >= 15 is 0 Å². The number of hydrogen-bond donors (Lipinski definition) is 0. The molecule has 1 rings (SSSR count). The molecule has 0 heterocycles. The Morgan fingerprint density at radius 1 is 1.13 bits per heavy atom. The Morgan fingerprint density at radius 2 is 1.78 bits per heavy atom. The largest absolute Gasteiger partial charge is 0.378 e. The van der Waals surface area contributed by atoms with Crippen LogP contribution in [0.1, 0.15) is 92.4 Å². The number of unbranched alkanes of at least 4 members (excludes halogenated alkanes) is 1. The van der Waals surface area contributed by atoms with Crippen LogP contribution in [0.2, 0.25) is 0 Å². The van der Waals surface area contributed by atoms with E-state index in [-0.39, 0.29) is 0 Å². The van der Waals surface area contributed by atoms with Gasteiger partial charge >= 0.3 is 0 Å². The molecule has 0 N–H and O–H groups in total. The van der Waals surface area contributed by atoms with Gasteiger partial charge in [0.1, 0.15) is 0 Å². The van der Waals surface area contributed by atoms with Crippen molar-refractivity contribution in [3.05, 3.63) is 22.9 Å². The second-order valence-corrected chi connectivity index (χ2v) is 7.83. The van der Waals surface area contributed by atoms with Gasteiger partial charge in [0.2, 0.25) is 0 Å². The Bertz CT molecular complexity index is 387. The highest BCUT2D eigenvalue weighted by atomic mass is 15.1. The highest BCUT2D eigenvalue weighted by Gasteiger charge is 2.22. The van der Waals surface area contributed by atoms with Crippen LogP contribution < -0.4 is 0 Å². The molecule has 1 heteroatoms. The van der Waals surface area contributed by atoms with E-state index in [4.69, 9.17) is 0 Å². The molecule has 0 spiro atoms. The molecule has 0 aromatic carbocycles. The highest BCUT2D eigenvalue weighted by Crippen LogP contribution is 2.36. The lowest BCUT2D eigenvalue weighted by Gasteiger charge is -2.21. The third kappa shape index (κ3) is 8.63. The van der Waals surface area contributed by atoms with Gasteiger partial charge in [-0.2, -0.15) is 0 Å². The summed E-state index contributed by atoms with van der Waals surface area (Å²) in [7, 11) is 2.21. The zero-order valence-corrected chi connectivity index (χ0v) is 16.8. The monoisotopic (exact) mass is 319 g/mol. The van der Waals surface area contributed by atoms with Gasteiger partial charge in [-0.3, -0.25) is 0 Å². The smallest absolute Gasteiger partial charge is 0.0143 e. The summed E-state index contributed by atoms with van der Waals surface area (Å²) in [6, 6.07) is 0. The first kappa shape index (κ1) is 20.3. The van der Waals surface area contributed by atoms with Gasteiger partial charge in [-0.25, -0.2) is 0 Å². The van der Waals surface area contributed by atoms with Crippen molar-refractivity contribution in [3.8, 4) is 0 Å². The molecule has 0 saturated heterocycles. The average Bonchev–Trinajstić information content (AvgIpc) is 3.35. The lowest BCUT2D eigenvalue weighted by molar-refractivity contribution is 0.432. The first-order chi connectivity index (χ1) is 11.0. The first-order valence-corrected chi connectivity index (χ1v) is 10.0. The van der Waals surface area contributed by atoms with Gasteiger partial charge in [0.25, 0.3) is 0 Å². The molecule has 23 heavy (non-hydrogen) atoms. The third-order valence-corrected chi connectivity index (χ3v) is 5.59. The van der Waals surface area contributed by atoms with Gasteiger partial charge < -0.3 is 4.90 Å². The van der Waals surface area contributed by atoms with Crippen molar-refractivity contribution in [2.75, 3.05) is 13.6 Å². The molecule has 1 unspecified atom stereocenters. The Balaban J connectivity index is 2.23. The Hall–Kier alpha value is -0.720. The summed E-state index contributed by atoms with van der Waals surface area (Å²) in [6.07, 6.45) is 14.7. The molecule has 1 aliphatic rings. The van der Waals surface area contributed by atoms with Gasteiger partial charge in [0, 0.05) is 19.3 Å². The van der Waals surface area contributed by atoms with E-state index in [0.29, 0.717) is 0 Å². The van der Waals surface area contributed by atoms with Crippen LogP contribution in [0.15, 0.2) is 22.9 Å². The van der Waals surface area contributed by atoms with Crippen molar-refractivity contribution in [1.82, 2.24) is 4.90 Å². The van der Waals surface area contributed by atoms with Gasteiger partial charge in [-0.1, -0.05) is 43.9 Å². The molecule has 0 aromatic rings. The van der Waals surface area contributed by atoms with E-state index in [2.05, 4.69) is 52.6 Å². The van der Waals surface area contributed by atoms with Crippen molar-refractivity contribution in [1.29, 1.82) is 0 Å². The minimum Gasteiger partial charge on any atom is -0.378 e. The van der Waals surface area contributed by atoms with Crippen LogP contribution in [0, 0.1) is 11.8 Å². The summed E-state index contributed by atoms with van der Waals surface area (Å²) in [6.45, 7) is 12.7. The fourth-order valence-corrected chi connectivity index (χ4v) is 3.39. The second kappa shape index (κ2) is 10.9. The van der Waals surface area contributed by atoms with E-state index in [1.54, 1.807) is 11.1 Å². The Labute approximate surface area is 146 Å². The molecule has 0 aliphatic heterocycles. The van der Waals surface area contributed by atoms with Crippen LogP contribution in [-0.4, -0.2) is 18.5 Å². The standard InChI is InChI=1S/C22H41N/c1-7-22(20(5)23(6)8-2)12-10-9-11-18(3)13-14-19(4)17-21-15-16-21/h13,19,21H,7-12,14-17H2,1-6H3. The van der Waals surface area contributed by atoms with E-state index in [1.165, 1.54) is 63.5 Å². The van der Waals surface area contributed by atoms with Gasteiger partial charge in [0.15, 0.2) is 0 Å². The molecule has 0 aromatic heterocycles. The molecule has 0 radical (unpaired) electrons. The molecular weight excluding hydrogens is 278 g/mol. The lowest BCUT2D eigenvalue weighted by atomic mass is 9.97. The van der Waals surface area contributed by atoms with E-state index in [0.717, 1.165) is 18.4 Å². The molecule has 1 fully saturated rings. The molecule has 0 amide bonds. The summed E-state index contributed by atoms with van der Waals surface area (Å²) < 4.78 is 0. The zero-order chi connectivity index (χ0) is 17.2. The summed E-state index contributed by atoms with van der Waals surface area (Å²) >= 11 is 0. The van der Waals surface area contributed by atoms with Crippen molar-refractivity contribution in [2.45, 2.75) is 92.4 Å². The van der Waals surface area contributed by atoms with Crippen LogP contribution in [0.25, 0.3) is 0 Å². The maximum Gasteiger partial charge on any atom is 0.0143 e. The fourth-order valence-electron chi connectivity index (χ4n) is 3.39. The van der Waals surface area contributed by atoms with Crippen molar-refractivity contribution in [3.63, 3.8) is 0 Å². The topological polar surface area (TPSA) is 3.24 Å². The zero-order valence-electron chi connectivity index (χ0n) is 16.8. The van der Waals surface area contributed by atoms with E-state index < -0.39 is 0 Å². The van der Waals surface area contributed by atoms with E-state index in [9.17, 15) is 0 Å². The maximum absolute atomic E-state index is 2.51. The van der Waals surface area contributed by atoms with Gasteiger partial charge in [-0.15, -0.1) is 0 Å². The van der Waals surface area contributed by atoms with Crippen LogP contribution in [0.4, 0.5) is 0 Å². The van der Waals surface area contributed by atoms with Crippen LogP contribution >= 0.6 is 0 Å². The maximum atomic E-state index is 2.51. The number of nitrogens with zero attached hydrogens (tertiary/aromatic N) is 1. The Kier molecular flexibility index (Phi) is 9.67. The van der Waals surface area contributed by atoms with Crippen molar-refractivity contribution < 1.29 is 0 Å². The average molecular weight is 320 g/mol. The number of rotatable bonds is 12. The summed E-state index contributed by atoms with van der Waals surface area (Å²) in [4.78, 5) is 2.38. The summed E-state index contributed by atoms with van der Waals surface area (Å²) in [5.41, 5.74) is 4.75. The number of hydrogen-bond acceptors (Lipinski definition) is 1. The van der Waals surface area contributed by atoms with Crippen LogP contribution in [-0.2, 0) is 0 Å². The van der Waals surface area contributed by atoms with Crippen LogP contribution in [0.3, 0.4) is 0 Å². The molecule has 1 atom stereocenters. The van der Waals surface area contributed by atoms with Gasteiger partial charge in [-0.05, 0) is 77.6 Å². The Morgan fingerprint density at radius 3 is 2.35 bits per heavy atom. The van der Waals surface area contributed by atoms with Crippen molar-refractivity contribution >= 4 is 0 Å². The van der Waals surface area contributed by atoms with E-state index in [1.807, 2.05) is 0 Å². The number of allylic oxidation sites excluding steroid dienone is 4. The normalized spacial score (nSPS) is 17.9. The van der Waals surface area contributed by atoms with Crippen LogP contribution in [0.5, 0.6) is 0 Å². The SMILES string of the molecule is CCC(CCCCC(C)=CCC(C)CC1CC1)=C(C)N(C)CC. The third-order valence-electron chi connectivity index (χ3n) is 5.59. The predicted octanol–water partition coefficient (Wildman–Crippen LogP) is 6.96. The molecule has 1 saturated carbocycles. The minimum atomic E-state index is 0.888. The fraction of sp³-hybridized carbons (Fsp3) is 0.818. The predicted molar refractivity (Wildman–Crippen MR) is 105 cm³/mol. The molecular formula is C22H41N. The second-order valence-electron chi connectivity index (χ2n) is 7.83. The molecule has 134 valence electrons.